The Hall–Kier alpha value is -2.04. The normalized spacial score (nSPS) is 26.6. The zero-order chi connectivity index (χ0) is 15.7. The van der Waals surface area contributed by atoms with E-state index in [1.807, 2.05) is 24.3 Å². The van der Waals surface area contributed by atoms with E-state index in [1.165, 1.54) is 7.11 Å². The largest absolute Gasteiger partial charge is 0.497 e. The van der Waals surface area contributed by atoms with E-state index < -0.39 is 11.4 Å². The third-order valence-electron chi connectivity index (χ3n) is 4.78. The second-order valence-corrected chi connectivity index (χ2v) is 6.00. The summed E-state index contributed by atoms with van der Waals surface area (Å²) in [5.41, 5.74) is -0.0804. The second kappa shape index (κ2) is 5.63. The fourth-order valence-electron chi connectivity index (χ4n) is 3.46. The number of amides is 1. The van der Waals surface area contributed by atoms with Crippen molar-refractivity contribution in [2.24, 2.45) is 5.41 Å². The molecule has 1 heterocycles. The van der Waals surface area contributed by atoms with Crippen LogP contribution in [0.4, 0.5) is 0 Å². The van der Waals surface area contributed by atoms with Crippen molar-refractivity contribution in [2.75, 3.05) is 27.3 Å². The van der Waals surface area contributed by atoms with Crippen LogP contribution in [-0.4, -0.2) is 44.1 Å². The molecule has 5 heteroatoms. The Bertz CT molecular complexity index is 594. The summed E-state index contributed by atoms with van der Waals surface area (Å²) in [5, 5.41) is 0. The molecule has 5 nitrogen and oxygen atoms in total. The Morgan fingerprint density at radius 2 is 1.95 bits per heavy atom. The Balaban J connectivity index is 1.89. The third-order valence-corrected chi connectivity index (χ3v) is 4.78. The van der Waals surface area contributed by atoms with Crippen molar-refractivity contribution in [3.05, 3.63) is 29.8 Å². The van der Waals surface area contributed by atoms with Gasteiger partial charge in [-0.15, -0.1) is 0 Å². The van der Waals surface area contributed by atoms with Gasteiger partial charge in [0.15, 0.2) is 5.41 Å². The summed E-state index contributed by atoms with van der Waals surface area (Å²) in [6.45, 7) is 1.48. The maximum Gasteiger partial charge on any atom is 0.322 e. The van der Waals surface area contributed by atoms with E-state index in [0.717, 1.165) is 37.2 Å². The van der Waals surface area contributed by atoms with Crippen molar-refractivity contribution in [1.82, 2.24) is 4.90 Å². The number of methoxy groups -OCH3 is 2. The molecule has 22 heavy (non-hydrogen) atoms. The zero-order valence-electron chi connectivity index (χ0n) is 13.0. The summed E-state index contributed by atoms with van der Waals surface area (Å²) < 4.78 is 10.2. The van der Waals surface area contributed by atoms with Crippen LogP contribution in [0.15, 0.2) is 24.3 Å². The first kappa shape index (κ1) is 14.9. The van der Waals surface area contributed by atoms with Crippen LogP contribution in [0.1, 0.15) is 30.7 Å². The Kier molecular flexibility index (Phi) is 3.81. The van der Waals surface area contributed by atoms with Crippen LogP contribution >= 0.6 is 0 Å². The fourth-order valence-corrected chi connectivity index (χ4v) is 3.46. The first-order chi connectivity index (χ1) is 10.6. The van der Waals surface area contributed by atoms with Gasteiger partial charge >= 0.3 is 5.97 Å². The molecule has 1 aliphatic carbocycles. The van der Waals surface area contributed by atoms with Crippen LogP contribution in [0.25, 0.3) is 0 Å². The fraction of sp³-hybridized carbons (Fsp3) is 0.529. The molecule has 0 bridgehead atoms. The average molecular weight is 303 g/mol. The molecule has 0 spiro atoms. The van der Waals surface area contributed by atoms with Gasteiger partial charge in [0.2, 0.25) is 5.91 Å². The molecular formula is C17H21NO4. The highest BCUT2D eigenvalue weighted by atomic mass is 16.5. The molecule has 1 aliphatic heterocycles. The number of carbonyl (C=O) groups excluding carboxylic acids is 2. The van der Waals surface area contributed by atoms with Crippen molar-refractivity contribution in [2.45, 2.75) is 25.2 Å². The summed E-state index contributed by atoms with van der Waals surface area (Å²) in [6, 6.07) is 7.57. The van der Waals surface area contributed by atoms with Crippen LogP contribution in [0.2, 0.25) is 0 Å². The van der Waals surface area contributed by atoms with Crippen molar-refractivity contribution in [1.29, 1.82) is 0 Å². The summed E-state index contributed by atoms with van der Waals surface area (Å²) in [6.07, 6.45) is 2.53. The van der Waals surface area contributed by atoms with Gasteiger partial charge in [-0.2, -0.15) is 0 Å². The molecule has 0 radical (unpaired) electrons. The van der Waals surface area contributed by atoms with Gasteiger partial charge in [-0.05, 0) is 37.0 Å². The lowest BCUT2D eigenvalue weighted by molar-refractivity contribution is -0.155. The van der Waals surface area contributed by atoms with Crippen molar-refractivity contribution < 1.29 is 19.1 Å². The summed E-state index contributed by atoms with van der Waals surface area (Å²) in [5.74, 6) is 0.113. The highest BCUT2D eigenvalue weighted by molar-refractivity contribution is 6.07. The van der Waals surface area contributed by atoms with E-state index in [-0.39, 0.29) is 11.8 Å². The highest BCUT2D eigenvalue weighted by Crippen LogP contribution is 2.61. The van der Waals surface area contributed by atoms with Gasteiger partial charge in [-0.1, -0.05) is 12.1 Å². The molecule has 0 aromatic heterocycles. The van der Waals surface area contributed by atoms with Gasteiger partial charge in [-0.3, -0.25) is 9.59 Å². The highest BCUT2D eigenvalue weighted by Gasteiger charge is 2.68. The smallest absolute Gasteiger partial charge is 0.322 e. The number of hydrogen-bond acceptors (Lipinski definition) is 4. The van der Waals surface area contributed by atoms with Crippen LogP contribution in [-0.2, 0) is 14.3 Å². The molecule has 1 amide bonds. The number of carbonyl (C=O) groups is 2. The van der Waals surface area contributed by atoms with Crippen molar-refractivity contribution >= 4 is 11.9 Å². The second-order valence-electron chi connectivity index (χ2n) is 6.00. The van der Waals surface area contributed by atoms with Gasteiger partial charge < -0.3 is 14.4 Å². The van der Waals surface area contributed by atoms with E-state index in [4.69, 9.17) is 9.47 Å². The number of rotatable bonds is 4. The van der Waals surface area contributed by atoms with Crippen molar-refractivity contribution in [3.8, 4) is 5.75 Å². The molecule has 1 aromatic carbocycles. The summed E-state index contributed by atoms with van der Waals surface area (Å²) >= 11 is 0. The predicted octanol–water partition coefficient (Wildman–Crippen LogP) is 1.96. The molecule has 1 saturated heterocycles. The van der Waals surface area contributed by atoms with Crippen LogP contribution in [0, 0.1) is 5.41 Å². The Morgan fingerprint density at radius 1 is 1.23 bits per heavy atom. The summed E-state index contributed by atoms with van der Waals surface area (Å²) in [7, 11) is 2.96. The molecule has 0 unspecified atom stereocenters. The molecule has 2 aliphatic rings. The van der Waals surface area contributed by atoms with Crippen LogP contribution in [0.5, 0.6) is 5.75 Å². The lowest BCUT2D eigenvalue weighted by atomic mass is 9.97. The minimum Gasteiger partial charge on any atom is -0.497 e. The standard InChI is InChI=1S/C17H21NO4/c1-21-13-7-5-6-12(10-13)14-11-17(14,16(20)22-2)15(19)18-8-3-4-9-18/h5-7,10,14H,3-4,8-9,11H2,1-2H3/t14-,17-/m1/s1. The van der Waals surface area contributed by atoms with Gasteiger partial charge in [0.05, 0.1) is 14.2 Å². The first-order valence-electron chi connectivity index (χ1n) is 7.65. The Labute approximate surface area is 130 Å². The SMILES string of the molecule is COC(=O)[C@]1(C(=O)N2CCCC2)C[C@@H]1c1cccc(OC)c1. The molecule has 2 fully saturated rings. The van der Waals surface area contributed by atoms with Crippen LogP contribution < -0.4 is 4.74 Å². The van der Waals surface area contributed by atoms with E-state index in [2.05, 4.69) is 0 Å². The minimum absolute atomic E-state index is 0.0790. The molecule has 1 aromatic rings. The molecule has 1 saturated carbocycles. The summed E-state index contributed by atoms with van der Waals surface area (Å²) in [4.78, 5) is 27.0. The number of esters is 1. The minimum atomic E-state index is -1.04. The maximum atomic E-state index is 12.9. The lowest BCUT2D eigenvalue weighted by Crippen LogP contribution is -2.40. The molecular weight excluding hydrogens is 282 g/mol. The quantitative estimate of drug-likeness (QED) is 0.630. The number of benzene rings is 1. The number of hydrogen-bond donors (Lipinski definition) is 0. The molecule has 118 valence electrons. The van der Waals surface area contributed by atoms with E-state index in [0.29, 0.717) is 6.42 Å². The molecule has 2 atom stereocenters. The lowest BCUT2D eigenvalue weighted by Gasteiger charge is -2.22. The number of likely N-dealkylation sites (tertiary alicyclic amines) is 1. The Morgan fingerprint density at radius 3 is 2.59 bits per heavy atom. The predicted molar refractivity (Wildman–Crippen MR) is 80.6 cm³/mol. The van der Waals surface area contributed by atoms with E-state index in [1.54, 1.807) is 12.0 Å². The topological polar surface area (TPSA) is 55.8 Å². The molecule has 0 N–H and O–H groups in total. The maximum absolute atomic E-state index is 12.9. The van der Waals surface area contributed by atoms with Gasteiger partial charge in [-0.25, -0.2) is 0 Å². The van der Waals surface area contributed by atoms with Crippen LogP contribution in [0.3, 0.4) is 0 Å². The van der Waals surface area contributed by atoms with E-state index in [9.17, 15) is 9.59 Å². The zero-order valence-corrected chi connectivity index (χ0v) is 13.0. The first-order valence-corrected chi connectivity index (χ1v) is 7.65. The number of ether oxygens (including phenoxy) is 2. The van der Waals surface area contributed by atoms with Gasteiger partial charge in [0.1, 0.15) is 5.75 Å². The van der Waals surface area contributed by atoms with Gasteiger partial charge in [0, 0.05) is 19.0 Å². The molecule has 3 rings (SSSR count). The van der Waals surface area contributed by atoms with E-state index >= 15 is 0 Å². The monoisotopic (exact) mass is 303 g/mol. The van der Waals surface area contributed by atoms with Gasteiger partial charge in [0.25, 0.3) is 0 Å². The third kappa shape index (κ3) is 2.25. The average Bonchev–Trinajstić information content (AvgIpc) is 3.09. The van der Waals surface area contributed by atoms with Crippen molar-refractivity contribution in [3.63, 3.8) is 0 Å². The number of nitrogens with zero attached hydrogens (tertiary/aromatic N) is 1.